The smallest absolute Gasteiger partial charge is 0.263 e. The van der Waals surface area contributed by atoms with Crippen molar-refractivity contribution in [2.45, 2.75) is 11.8 Å². The van der Waals surface area contributed by atoms with Crippen molar-refractivity contribution in [2.24, 2.45) is 0 Å². The Hall–Kier alpha value is -4.04. The molecule has 0 aliphatic carbocycles. The van der Waals surface area contributed by atoms with Gasteiger partial charge in [0, 0.05) is 5.69 Å². The van der Waals surface area contributed by atoms with Gasteiger partial charge in [0.05, 0.1) is 15.9 Å². The molecule has 8 heteroatoms. The van der Waals surface area contributed by atoms with Crippen LogP contribution in [-0.4, -0.2) is 18.4 Å². The van der Waals surface area contributed by atoms with Crippen molar-refractivity contribution in [3.63, 3.8) is 0 Å². The second-order valence-corrected chi connectivity index (χ2v) is 9.26. The van der Waals surface area contributed by atoms with Gasteiger partial charge in [-0.1, -0.05) is 42.5 Å². The topological polar surface area (TPSA) is 84.0 Å². The number of para-hydroxylation sites is 2. The van der Waals surface area contributed by atoms with Gasteiger partial charge in [0.25, 0.3) is 10.0 Å². The molecule has 33 heavy (non-hydrogen) atoms. The number of benzene rings is 4. The molecule has 0 saturated carbocycles. The molecule has 6 nitrogen and oxygen atoms in total. The summed E-state index contributed by atoms with van der Waals surface area (Å²) in [6, 6.07) is 24.5. The van der Waals surface area contributed by atoms with Gasteiger partial charge in [-0.3, -0.25) is 4.72 Å². The lowest BCUT2D eigenvalue weighted by Crippen LogP contribution is -2.17. The SMILES string of the molecule is Cc1cc(F)ccc1S(=O)(=O)Nc1nc2ccccc2nc1Nc1ccc2ccccc2c1. The first-order valence-electron chi connectivity index (χ1n) is 10.2. The second-order valence-electron chi connectivity index (χ2n) is 7.61. The summed E-state index contributed by atoms with van der Waals surface area (Å²) in [7, 11) is -4.04. The standard InChI is InChI=1S/C25H19FN4O2S/c1-16-14-19(26)11-13-23(16)33(31,32)30-25-24(28-21-8-4-5-9-22(21)29-25)27-20-12-10-17-6-2-3-7-18(17)15-20/h2-15H,1H3,(H,27,28)(H,29,30). The number of halogens is 1. The Bertz CT molecular complexity index is 1620. The number of nitrogens with one attached hydrogen (secondary N) is 2. The lowest BCUT2D eigenvalue weighted by Gasteiger charge is -2.15. The Kier molecular flexibility index (Phi) is 5.14. The fraction of sp³-hybridized carbons (Fsp3) is 0.0400. The van der Waals surface area contributed by atoms with Crippen LogP contribution in [0.3, 0.4) is 0 Å². The quantitative estimate of drug-likeness (QED) is 0.349. The summed E-state index contributed by atoms with van der Waals surface area (Å²) in [6.07, 6.45) is 0. The predicted molar refractivity (Wildman–Crippen MR) is 129 cm³/mol. The average Bonchev–Trinajstić information content (AvgIpc) is 2.79. The minimum atomic E-state index is -4.04. The van der Waals surface area contributed by atoms with E-state index < -0.39 is 15.8 Å². The lowest BCUT2D eigenvalue weighted by molar-refractivity contribution is 0.598. The van der Waals surface area contributed by atoms with Crippen LogP contribution in [-0.2, 0) is 10.0 Å². The number of nitrogens with zero attached hydrogens (tertiary/aromatic N) is 2. The van der Waals surface area contributed by atoms with Gasteiger partial charge in [0.2, 0.25) is 0 Å². The first-order chi connectivity index (χ1) is 15.9. The van der Waals surface area contributed by atoms with Crippen LogP contribution in [0.5, 0.6) is 0 Å². The maximum atomic E-state index is 13.5. The zero-order valence-electron chi connectivity index (χ0n) is 17.6. The first-order valence-corrected chi connectivity index (χ1v) is 11.7. The number of aromatic nitrogens is 2. The van der Waals surface area contributed by atoms with E-state index in [0.29, 0.717) is 16.6 Å². The number of sulfonamides is 1. The molecule has 0 saturated heterocycles. The molecule has 0 unspecified atom stereocenters. The molecule has 0 atom stereocenters. The third-order valence-corrected chi connectivity index (χ3v) is 6.74. The van der Waals surface area contributed by atoms with E-state index in [2.05, 4.69) is 20.0 Å². The van der Waals surface area contributed by atoms with E-state index in [1.54, 1.807) is 18.2 Å². The molecular formula is C25H19FN4O2S. The maximum Gasteiger partial charge on any atom is 0.263 e. The van der Waals surface area contributed by atoms with E-state index in [1.165, 1.54) is 19.1 Å². The highest BCUT2D eigenvalue weighted by molar-refractivity contribution is 7.92. The normalized spacial score (nSPS) is 11.6. The second kappa shape index (κ2) is 8.14. The molecule has 5 aromatic rings. The molecule has 1 heterocycles. The molecular weight excluding hydrogens is 439 g/mol. The van der Waals surface area contributed by atoms with Crippen molar-refractivity contribution < 1.29 is 12.8 Å². The number of anilines is 3. The lowest BCUT2D eigenvalue weighted by atomic mass is 10.1. The molecule has 0 aliphatic heterocycles. The summed E-state index contributed by atoms with van der Waals surface area (Å²) in [5, 5.41) is 5.31. The molecule has 4 aromatic carbocycles. The van der Waals surface area contributed by atoms with E-state index in [-0.39, 0.29) is 16.5 Å². The Balaban J connectivity index is 1.59. The van der Waals surface area contributed by atoms with Gasteiger partial charge in [-0.2, -0.15) is 0 Å². The Morgan fingerprint density at radius 2 is 1.42 bits per heavy atom. The summed E-state index contributed by atoms with van der Waals surface area (Å²) in [6.45, 7) is 1.54. The van der Waals surface area contributed by atoms with Gasteiger partial charge >= 0.3 is 0 Å². The van der Waals surface area contributed by atoms with Gasteiger partial charge < -0.3 is 5.32 Å². The monoisotopic (exact) mass is 458 g/mol. The summed E-state index contributed by atoms with van der Waals surface area (Å²) >= 11 is 0. The largest absolute Gasteiger partial charge is 0.337 e. The zero-order chi connectivity index (χ0) is 23.0. The van der Waals surface area contributed by atoms with Crippen LogP contribution < -0.4 is 10.0 Å². The fourth-order valence-corrected chi connectivity index (χ4v) is 4.90. The molecule has 0 aliphatic rings. The Morgan fingerprint density at radius 1 is 0.758 bits per heavy atom. The van der Waals surface area contributed by atoms with Crippen molar-refractivity contribution in [3.05, 3.63) is 96.3 Å². The third kappa shape index (κ3) is 4.20. The maximum absolute atomic E-state index is 13.5. The highest BCUT2D eigenvalue weighted by Crippen LogP contribution is 2.29. The number of rotatable bonds is 5. The molecule has 0 spiro atoms. The zero-order valence-corrected chi connectivity index (χ0v) is 18.4. The molecule has 0 fully saturated rings. The van der Waals surface area contributed by atoms with E-state index >= 15 is 0 Å². The molecule has 5 rings (SSSR count). The first kappa shape index (κ1) is 20.8. The molecule has 2 N–H and O–H groups in total. The predicted octanol–water partition coefficient (Wildman–Crippen LogP) is 5.77. The van der Waals surface area contributed by atoms with Crippen LogP contribution in [0.1, 0.15) is 5.56 Å². The summed E-state index contributed by atoms with van der Waals surface area (Å²) in [5.41, 5.74) is 2.17. The molecule has 1 aromatic heterocycles. The van der Waals surface area contributed by atoms with Gasteiger partial charge in [0.15, 0.2) is 11.6 Å². The summed E-state index contributed by atoms with van der Waals surface area (Å²) in [4.78, 5) is 9.07. The minimum absolute atomic E-state index is 0.0319. The third-order valence-electron chi connectivity index (χ3n) is 5.24. The van der Waals surface area contributed by atoms with Crippen LogP contribution in [0, 0.1) is 12.7 Å². The van der Waals surface area contributed by atoms with Crippen LogP contribution in [0.4, 0.5) is 21.7 Å². The van der Waals surface area contributed by atoms with Crippen molar-refractivity contribution in [2.75, 3.05) is 10.0 Å². The van der Waals surface area contributed by atoms with Crippen molar-refractivity contribution in [1.29, 1.82) is 0 Å². The molecule has 0 radical (unpaired) electrons. The fourth-order valence-electron chi connectivity index (χ4n) is 3.66. The molecule has 0 amide bonds. The average molecular weight is 459 g/mol. The van der Waals surface area contributed by atoms with Crippen molar-refractivity contribution in [3.8, 4) is 0 Å². The summed E-state index contributed by atoms with van der Waals surface area (Å²) in [5.74, 6) is -0.200. The number of hydrogen-bond acceptors (Lipinski definition) is 5. The van der Waals surface area contributed by atoms with Crippen LogP contribution in [0.15, 0.2) is 89.8 Å². The van der Waals surface area contributed by atoms with Crippen LogP contribution in [0.2, 0.25) is 0 Å². The number of aryl methyl sites for hydroxylation is 1. The number of hydrogen-bond donors (Lipinski definition) is 2. The minimum Gasteiger partial charge on any atom is -0.337 e. The van der Waals surface area contributed by atoms with Crippen molar-refractivity contribution in [1.82, 2.24) is 9.97 Å². The van der Waals surface area contributed by atoms with Gasteiger partial charge in [-0.25, -0.2) is 22.8 Å². The van der Waals surface area contributed by atoms with E-state index in [4.69, 9.17) is 0 Å². The van der Waals surface area contributed by atoms with E-state index in [9.17, 15) is 12.8 Å². The van der Waals surface area contributed by atoms with E-state index in [0.717, 1.165) is 22.5 Å². The van der Waals surface area contributed by atoms with Gasteiger partial charge in [-0.15, -0.1) is 0 Å². The Morgan fingerprint density at radius 3 is 2.15 bits per heavy atom. The molecule has 0 bridgehead atoms. The highest BCUT2D eigenvalue weighted by Gasteiger charge is 2.21. The van der Waals surface area contributed by atoms with Crippen LogP contribution >= 0.6 is 0 Å². The number of fused-ring (bicyclic) bond motifs is 2. The van der Waals surface area contributed by atoms with Crippen molar-refractivity contribution >= 4 is 49.2 Å². The van der Waals surface area contributed by atoms with Gasteiger partial charge in [0.1, 0.15) is 5.82 Å². The van der Waals surface area contributed by atoms with Gasteiger partial charge in [-0.05, 0) is 65.7 Å². The highest BCUT2D eigenvalue weighted by atomic mass is 32.2. The van der Waals surface area contributed by atoms with Crippen LogP contribution in [0.25, 0.3) is 21.8 Å². The summed E-state index contributed by atoms with van der Waals surface area (Å²) < 4.78 is 42.3. The van der Waals surface area contributed by atoms with E-state index in [1.807, 2.05) is 48.5 Å². The Labute approximate surface area is 190 Å². The molecule has 164 valence electrons.